The van der Waals surface area contributed by atoms with E-state index in [1.54, 1.807) is 29.2 Å². The average Bonchev–Trinajstić information content (AvgIpc) is 2.73. The summed E-state index contributed by atoms with van der Waals surface area (Å²) >= 11 is 5.86. The summed E-state index contributed by atoms with van der Waals surface area (Å²) in [4.78, 5) is 16.3. The maximum absolute atomic E-state index is 12.3. The number of likely N-dealkylation sites (N-methyl/N-ethyl adjacent to an activating group) is 1. The van der Waals surface area contributed by atoms with Crippen molar-refractivity contribution in [1.29, 1.82) is 0 Å². The SMILES string of the molecule is CCN(CCO)CCCCC1CCC(CN(C)C(=O)Oc2ccc(Cl)cc2)CC1. The number of hydrogen-bond donors (Lipinski definition) is 1. The Hall–Kier alpha value is -1.30. The molecule has 2 rings (SSSR count). The minimum absolute atomic E-state index is 0.250. The molecule has 0 unspecified atom stereocenters. The zero-order chi connectivity index (χ0) is 21.1. The van der Waals surface area contributed by atoms with Gasteiger partial charge in [0.15, 0.2) is 0 Å². The first-order valence-electron chi connectivity index (χ1n) is 11.0. The lowest BCUT2D eigenvalue weighted by molar-refractivity contribution is 0.144. The Morgan fingerprint density at radius 2 is 1.76 bits per heavy atom. The van der Waals surface area contributed by atoms with Gasteiger partial charge in [-0.2, -0.15) is 0 Å². The van der Waals surface area contributed by atoms with E-state index in [4.69, 9.17) is 21.4 Å². The molecule has 1 aliphatic carbocycles. The lowest BCUT2D eigenvalue weighted by atomic mass is 9.79. The normalized spacial score (nSPS) is 19.3. The molecule has 0 saturated heterocycles. The van der Waals surface area contributed by atoms with Crippen molar-refractivity contribution in [1.82, 2.24) is 9.80 Å². The van der Waals surface area contributed by atoms with E-state index in [-0.39, 0.29) is 12.7 Å². The van der Waals surface area contributed by atoms with Crippen molar-refractivity contribution in [3.63, 3.8) is 0 Å². The molecule has 1 N–H and O–H groups in total. The molecule has 6 heteroatoms. The summed E-state index contributed by atoms with van der Waals surface area (Å²) in [5.41, 5.74) is 0. The first-order valence-corrected chi connectivity index (χ1v) is 11.4. The third-order valence-electron chi connectivity index (χ3n) is 6.03. The van der Waals surface area contributed by atoms with E-state index in [1.165, 1.54) is 44.9 Å². The van der Waals surface area contributed by atoms with E-state index < -0.39 is 0 Å². The summed E-state index contributed by atoms with van der Waals surface area (Å²) in [7, 11) is 1.82. The van der Waals surface area contributed by atoms with Gasteiger partial charge in [-0.3, -0.25) is 0 Å². The van der Waals surface area contributed by atoms with Crippen molar-refractivity contribution in [3.8, 4) is 5.75 Å². The summed E-state index contributed by atoms with van der Waals surface area (Å²) in [6.07, 6.45) is 8.38. The number of aliphatic hydroxyl groups is 1. The highest BCUT2D eigenvalue weighted by Gasteiger charge is 2.24. The molecule has 1 saturated carbocycles. The van der Waals surface area contributed by atoms with E-state index in [0.29, 0.717) is 16.7 Å². The number of benzene rings is 1. The second-order valence-corrected chi connectivity index (χ2v) is 8.68. The highest BCUT2D eigenvalue weighted by atomic mass is 35.5. The molecule has 1 amide bonds. The molecule has 5 nitrogen and oxygen atoms in total. The van der Waals surface area contributed by atoms with Crippen molar-refractivity contribution in [2.24, 2.45) is 11.8 Å². The number of nitrogens with zero attached hydrogens (tertiary/aromatic N) is 2. The molecule has 0 radical (unpaired) electrons. The van der Waals surface area contributed by atoms with Crippen LogP contribution in [0.5, 0.6) is 5.75 Å². The Balaban J connectivity index is 1.61. The Morgan fingerprint density at radius 1 is 1.10 bits per heavy atom. The van der Waals surface area contributed by atoms with E-state index in [2.05, 4.69) is 11.8 Å². The molecule has 0 atom stereocenters. The van der Waals surface area contributed by atoms with Gasteiger partial charge in [-0.25, -0.2) is 4.79 Å². The second-order valence-electron chi connectivity index (χ2n) is 8.24. The Kier molecular flexibility index (Phi) is 10.8. The summed E-state index contributed by atoms with van der Waals surface area (Å²) < 4.78 is 5.41. The fourth-order valence-corrected chi connectivity index (χ4v) is 4.31. The number of hydrogen-bond acceptors (Lipinski definition) is 4. The van der Waals surface area contributed by atoms with Crippen LogP contribution in [0.3, 0.4) is 0 Å². The van der Waals surface area contributed by atoms with Gasteiger partial charge in [-0.05, 0) is 68.5 Å². The first-order chi connectivity index (χ1) is 14.0. The van der Waals surface area contributed by atoms with Crippen molar-refractivity contribution in [3.05, 3.63) is 29.3 Å². The summed E-state index contributed by atoms with van der Waals surface area (Å²) in [6, 6.07) is 6.86. The number of carbonyl (C=O) groups excluding carboxylic acids is 1. The monoisotopic (exact) mass is 424 g/mol. The van der Waals surface area contributed by atoms with Gasteiger partial charge in [-0.15, -0.1) is 0 Å². The number of ether oxygens (including phenoxy) is 1. The van der Waals surface area contributed by atoms with Crippen LogP contribution in [0.1, 0.15) is 51.9 Å². The van der Waals surface area contributed by atoms with Crippen LogP contribution < -0.4 is 4.74 Å². The van der Waals surface area contributed by atoms with Crippen LogP contribution in [0.15, 0.2) is 24.3 Å². The standard InChI is InChI=1S/C23H37ClN2O3/c1-3-26(16-17-27)15-5-4-6-19-7-9-20(10-8-19)18-25(2)23(28)29-22-13-11-21(24)12-14-22/h11-14,19-20,27H,3-10,15-18H2,1-2H3. The zero-order valence-corrected chi connectivity index (χ0v) is 18.7. The zero-order valence-electron chi connectivity index (χ0n) is 18.0. The van der Waals surface area contributed by atoms with Crippen molar-refractivity contribution in [2.45, 2.75) is 51.9 Å². The van der Waals surface area contributed by atoms with Gasteiger partial charge in [0, 0.05) is 25.2 Å². The molecule has 1 aliphatic rings. The molecule has 1 aromatic carbocycles. The molecular formula is C23H37ClN2O3. The molecule has 0 bridgehead atoms. The van der Waals surface area contributed by atoms with Gasteiger partial charge >= 0.3 is 6.09 Å². The summed E-state index contributed by atoms with van der Waals surface area (Å²) in [6.45, 7) is 6.05. The van der Waals surface area contributed by atoms with E-state index in [9.17, 15) is 4.79 Å². The predicted molar refractivity (Wildman–Crippen MR) is 119 cm³/mol. The van der Waals surface area contributed by atoms with Gasteiger partial charge in [-0.1, -0.05) is 44.2 Å². The van der Waals surface area contributed by atoms with Crippen LogP contribution in [0.25, 0.3) is 0 Å². The molecular weight excluding hydrogens is 388 g/mol. The molecule has 29 heavy (non-hydrogen) atoms. The van der Waals surface area contributed by atoms with Gasteiger partial charge in [0.2, 0.25) is 0 Å². The highest BCUT2D eigenvalue weighted by Crippen LogP contribution is 2.32. The fraction of sp³-hybridized carbons (Fsp3) is 0.696. The summed E-state index contributed by atoms with van der Waals surface area (Å²) in [5.74, 6) is 1.91. The number of rotatable bonds is 11. The van der Waals surface area contributed by atoms with Gasteiger partial charge in [0.25, 0.3) is 0 Å². The third kappa shape index (κ3) is 8.93. The molecule has 0 aliphatic heterocycles. The molecule has 1 aromatic rings. The van der Waals surface area contributed by atoms with E-state index in [0.717, 1.165) is 32.1 Å². The van der Waals surface area contributed by atoms with Crippen LogP contribution in [0, 0.1) is 11.8 Å². The second kappa shape index (κ2) is 13.1. The number of halogens is 1. The molecule has 0 aromatic heterocycles. The molecule has 0 spiro atoms. The molecule has 0 heterocycles. The molecule has 1 fully saturated rings. The summed E-state index contributed by atoms with van der Waals surface area (Å²) in [5, 5.41) is 9.68. The first kappa shape index (κ1) is 24.0. The maximum Gasteiger partial charge on any atom is 0.414 e. The number of aliphatic hydroxyl groups excluding tert-OH is 1. The van der Waals surface area contributed by atoms with Crippen LogP contribution in [0.4, 0.5) is 4.79 Å². The largest absolute Gasteiger partial charge is 0.414 e. The lowest BCUT2D eigenvalue weighted by Gasteiger charge is -2.31. The van der Waals surface area contributed by atoms with Crippen molar-refractivity contribution in [2.75, 3.05) is 39.8 Å². The van der Waals surface area contributed by atoms with E-state index in [1.807, 2.05) is 7.05 Å². The Labute approximate surface area is 181 Å². The van der Waals surface area contributed by atoms with Crippen LogP contribution in [-0.4, -0.2) is 60.8 Å². The number of amides is 1. The quantitative estimate of drug-likeness (QED) is 0.504. The smallest absolute Gasteiger partial charge is 0.410 e. The van der Waals surface area contributed by atoms with Gasteiger partial charge in [0.05, 0.1) is 6.61 Å². The van der Waals surface area contributed by atoms with Crippen LogP contribution >= 0.6 is 11.6 Å². The number of unbranched alkanes of at least 4 members (excludes halogenated alkanes) is 1. The lowest BCUT2D eigenvalue weighted by Crippen LogP contribution is -2.35. The van der Waals surface area contributed by atoms with Crippen molar-refractivity contribution < 1.29 is 14.6 Å². The van der Waals surface area contributed by atoms with Crippen LogP contribution in [0.2, 0.25) is 5.02 Å². The Morgan fingerprint density at radius 3 is 2.38 bits per heavy atom. The number of carbonyl (C=O) groups is 1. The minimum atomic E-state index is -0.308. The van der Waals surface area contributed by atoms with Crippen LogP contribution in [-0.2, 0) is 0 Å². The maximum atomic E-state index is 12.3. The average molecular weight is 425 g/mol. The van der Waals surface area contributed by atoms with Crippen molar-refractivity contribution >= 4 is 17.7 Å². The highest BCUT2D eigenvalue weighted by molar-refractivity contribution is 6.30. The molecule has 164 valence electrons. The fourth-order valence-electron chi connectivity index (χ4n) is 4.18. The Bertz CT molecular complexity index is 588. The van der Waals surface area contributed by atoms with Gasteiger partial charge in [0.1, 0.15) is 5.75 Å². The van der Waals surface area contributed by atoms with E-state index >= 15 is 0 Å². The van der Waals surface area contributed by atoms with Gasteiger partial charge < -0.3 is 19.6 Å². The minimum Gasteiger partial charge on any atom is -0.410 e. The third-order valence-corrected chi connectivity index (χ3v) is 6.28. The predicted octanol–water partition coefficient (Wildman–Crippen LogP) is 5.06. The topological polar surface area (TPSA) is 53.0 Å².